The topological polar surface area (TPSA) is 50.4 Å². The summed E-state index contributed by atoms with van der Waals surface area (Å²) in [5.41, 5.74) is 0.614. The molecule has 1 aliphatic heterocycles. The van der Waals surface area contributed by atoms with Gasteiger partial charge in [-0.3, -0.25) is 4.79 Å². The average molecular weight is 313 g/mol. The summed E-state index contributed by atoms with van der Waals surface area (Å²) in [4.78, 5) is 12.5. The zero-order chi connectivity index (χ0) is 14.6. The highest BCUT2D eigenvalue weighted by atomic mass is 35.5. The van der Waals surface area contributed by atoms with Crippen molar-refractivity contribution in [1.82, 2.24) is 10.6 Å². The molecule has 0 radical (unpaired) electrons. The number of hydrogen-bond donors (Lipinski definition) is 2. The van der Waals surface area contributed by atoms with Crippen LogP contribution in [0.5, 0.6) is 5.75 Å². The van der Waals surface area contributed by atoms with Gasteiger partial charge in [0.25, 0.3) is 0 Å². The highest BCUT2D eigenvalue weighted by Crippen LogP contribution is 2.22. The van der Waals surface area contributed by atoms with Crippen molar-refractivity contribution >= 4 is 18.3 Å². The van der Waals surface area contributed by atoms with E-state index in [0.717, 1.165) is 37.1 Å². The summed E-state index contributed by atoms with van der Waals surface area (Å²) in [6.07, 6.45) is 3.14. The molecule has 5 heteroatoms. The van der Waals surface area contributed by atoms with Crippen LogP contribution in [0.2, 0.25) is 0 Å². The highest BCUT2D eigenvalue weighted by molar-refractivity contribution is 5.86. The van der Waals surface area contributed by atoms with Gasteiger partial charge in [0, 0.05) is 0 Å². The number of nitrogens with one attached hydrogen (secondary N) is 2. The smallest absolute Gasteiger partial charge is 0.240 e. The van der Waals surface area contributed by atoms with Crippen molar-refractivity contribution in [2.24, 2.45) is 0 Å². The fourth-order valence-electron chi connectivity index (χ4n) is 2.60. The molecule has 2 rings (SSSR count). The van der Waals surface area contributed by atoms with Gasteiger partial charge in [-0.1, -0.05) is 12.1 Å². The minimum absolute atomic E-state index is 0. The summed E-state index contributed by atoms with van der Waals surface area (Å²) >= 11 is 0. The lowest BCUT2D eigenvalue weighted by Crippen LogP contribution is -2.57. The summed E-state index contributed by atoms with van der Waals surface area (Å²) in [5.74, 6) is 0.887. The number of rotatable bonds is 4. The second-order valence-corrected chi connectivity index (χ2v) is 5.69. The van der Waals surface area contributed by atoms with Crippen molar-refractivity contribution in [1.29, 1.82) is 0 Å². The van der Waals surface area contributed by atoms with Gasteiger partial charge in [0.1, 0.15) is 5.75 Å². The van der Waals surface area contributed by atoms with Crippen LogP contribution in [0.15, 0.2) is 24.3 Å². The number of carbonyl (C=O) groups is 1. The molecule has 2 N–H and O–H groups in total. The molecule has 1 fully saturated rings. The molecule has 1 aromatic carbocycles. The lowest BCUT2D eigenvalue weighted by atomic mass is 9.89. The van der Waals surface area contributed by atoms with Crippen LogP contribution in [-0.4, -0.2) is 25.1 Å². The quantitative estimate of drug-likeness (QED) is 0.899. The minimum Gasteiger partial charge on any atom is -0.497 e. The second-order valence-electron chi connectivity index (χ2n) is 5.69. The van der Waals surface area contributed by atoms with Crippen LogP contribution in [0.25, 0.3) is 0 Å². The van der Waals surface area contributed by atoms with Gasteiger partial charge in [-0.05, 0) is 57.4 Å². The van der Waals surface area contributed by atoms with Crippen molar-refractivity contribution in [2.75, 3.05) is 13.7 Å². The molecule has 118 valence electrons. The Kier molecular flexibility index (Phi) is 6.49. The Hall–Kier alpha value is -1.26. The van der Waals surface area contributed by atoms with E-state index in [1.165, 1.54) is 0 Å². The number of halogens is 1. The van der Waals surface area contributed by atoms with E-state index in [1.54, 1.807) is 7.11 Å². The largest absolute Gasteiger partial charge is 0.497 e. The van der Waals surface area contributed by atoms with E-state index in [2.05, 4.69) is 10.6 Å². The molecular weight excluding hydrogens is 288 g/mol. The third kappa shape index (κ3) is 4.35. The third-order valence-corrected chi connectivity index (χ3v) is 4.06. The number of piperidine rings is 1. The highest BCUT2D eigenvalue weighted by Gasteiger charge is 2.34. The van der Waals surface area contributed by atoms with E-state index in [4.69, 9.17) is 4.74 Å². The monoisotopic (exact) mass is 312 g/mol. The number of hydrogen-bond acceptors (Lipinski definition) is 3. The molecular formula is C16H25ClN2O2. The van der Waals surface area contributed by atoms with Crippen molar-refractivity contribution in [3.05, 3.63) is 29.8 Å². The van der Waals surface area contributed by atoms with Crippen LogP contribution in [-0.2, 0) is 4.79 Å². The third-order valence-electron chi connectivity index (χ3n) is 4.06. The van der Waals surface area contributed by atoms with E-state index in [-0.39, 0.29) is 24.4 Å². The van der Waals surface area contributed by atoms with Gasteiger partial charge in [-0.15, -0.1) is 12.4 Å². The van der Waals surface area contributed by atoms with Crippen LogP contribution in [0, 0.1) is 0 Å². The summed E-state index contributed by atoms with van der Waals surface area (Å²) in [5, 5.41) is 6.44. The number of ether oxygens (including phenoxy) is 1. The van der Waals surface area contributed by atoms with E-state index in [0.29, 0.717) is 0 Å². The first-order valence-corrected chi connectivity index (χ1v) is 7.25. The Balaban J connectivity index is 0.00000220. The van der Waals surface area contributed by atoms with Gasteiger partial charge in [-0.25, -0.2) is 0 Å². The van der Waals surface area contributed by atoms with Gasteiger partial charge in [-0.2, -0.15) is 0 Å². The van der Waals surface area contributed by atoms with Crippen molar-refractivity contribution < 1.29 is 9.53 Å². The van der Waals surface area contributed by atoms with Crippen molar-refractivity contribution in [2.45, 2.75) is 44.7 Å². The van der Waals surface area contributed by atoms with Crippen molar-refractivity contribution in [3.63, 3.8) is 0 Å². The molecule has 4 nitrogen and oxygen atoms in total. The molecule has 0 bridgehead atoms. The molecule has 0 aliphatic carbocycles. The fourth-order valence-corrected chi connectivity index (χ4v) is 2.60. The molecule has 0 aromatic heterocycles. The Labute approximate surface area is 133 Å². The number of carbonyl (C=O) groups excluding carboxylic acids is 1. The SMILES string of the molecule is COc1cccc(C(C)NC(=O)C2(C)CCCCN2)c1.Cl. The first kappa shape index (κ1) is 17.8. The molecule has 0 saturated carbocycles. The zero-order valence-corrected chi connectivity index (χ0v) is 13.8. The first-order valence-electron chi connectivity index (χ1n) is 7.25. The molecule has 1 amide bonds. The van der Waals surface area contributed by atoms with E-state index < -0.39 is 5.54 Å². The van der Waals surface area contributed by atoms with Gasteiger partial charge in [0.15, 0.2) is 0 Å². The molecule has 21 heavy (non-hydrogen) atoms. The number of methoxy groups -OCH3 is 1. The van der Waals surface area contributed by atoms with E-state index in [9.17, 15) is 4.79 Å². The molecule has 1 heterocycles. The second kappa shape index (κ2) is 7.66. The van der Waals surface area contributed by atoms with Crippen molar-refractivity contribution in [3.8, 4) is 5.75 Å². The molecule has 0 spiro atoms. The Morgan fingerprint density at radius 2 is 2.19 bits per heavy atom. The zero-order valence-electron chi connectivity index (χ0n) is 12.9. The predicted molar refractivity (Wildman–Crippen MR) is 87.1 cm³/mol. The number of benzene rings is 1. The molecule has 2 atom stereocenters. The van der Waals surface area contributed by atoms with Gasteiger partial charge in [0.05, 0.1) is 18.7 Å². The normalized spacial score (nSPS) is 22.8. The minimum atomic E-state index is -0.439. The standard InChI is InChI=1S/C16H24N2O2.ClH/c1-12(13-7-6-8-14(11-13)20-3)18-15(19)16(2)9-4-5-10-17-16;/h6-8,11-12,17H,4-5,9-10H2,1-3H3,(H,18,19);1H. The number of amides is 1. The Morgan fingerprint density at radius 1 is 1.43 bits per heavy atom. The van der Waals surface area contributed by atoms with Crippen LogP contribution in [0.1, 0.15) is 44.7 Å². The summed E-state index contributed by atoms with van der Waals surface area (Å²) in [6.45, 7) is 4.90. The lowest BCUT2D eigenvalue weighted by molar-refractivity contribution is -0.128. The van der Waals surface area contributed by atoms with Gasteiger partial charge >= 0.3 is 0 Å². The van der Waals surface area contributed by atoms with Crippen LogP contribution in [0.4, 0.5) is 0 Å². The fraction of sp³-hybridized carbons (Fsp3) is 0.562. The summed E-state index contributed by atoms with van der Waals surface area (Å²) in [7, 11) is 1.65. The maximum atomic E-state index is 12.5. The molecule has 2 unspecified atom stereocenters. The van der Waals surface area contributed by atoms with E-state index in [1.807, 2.05) is 38.1 Å². The van der Waals surface area contributed by atoms with E-state index >= 15 is 0 Å². The molecule has 1 aromatic rings. The summed E-state index contributed by atoms with van der Waals surface area (Å²) in [6, 6.07) is 7.78. The predicted octanol–water partition coefficient (Wildman–Crippen LogP) is 2.83. The lowest BCUT2D eigenvalue weighted by Gasteiger charge is -2.34. The molecule has 1 saturated heterocycles. The average Bonchev–Trinajstić information content (AvgIpc) is 2.48. The van der Waals surface area contributed by atoms with Crippen LogP contribution >= 0.6 is 12.4 Å². The maximum absolute atomic E-state index is 12.5. The first-order chi connectivity index (χ1) is 9.55. The summed E-state index contributed by atoms with van der Waals surface area (Å²) < 4.78 is 5.22. The molecule has 1 aliphatic rings. The Morgan fingerprint density at radius 3 is 2.81 bits per heavy atom. The van der Waals surface area contributed by atoms with Gasteiger partial charge in [0.2, 0.25) is 5.91 Å². The Bertz CT molecular complexity index is 473. The maximum Gasteiger partial charge on any atom is 0.240 e. The van der Waals surface area contributed by atoms with Gasteiger partial charge < -0.3 is 15.4 Å². The van der Waals surface area contributed by atoms with Crippen LogP contribution < -0.4 is 15.4 Å². The van der Waals surface area contributed by atoms with Crippen LogP contribution in [0.3, 0.4) is 0 Å².